The molecule has 2 N–H and O–H groups in total. The van der Waals surface area contributed by atoms with Crippen molar-refractivity contribution in [1.82, 2.24) is 0 Å². The third-order valence-corrected chi connectivity index (χ3v) is 4.50. The maximum absolute atomic E-state index is 11.8. The fourth-order valence-corrected chi connectivity index (χ4v) is 3.29. The monoisotopic (exact) mass is 299 g/mol. The lowest BCUT2D eigenvalue weighted by molar-refractivity contribution is -0.384. The average Bonchev–Trinajstić information content (AvgIpc) is 2.37. The molecule has 0 unspecified atom stereocenters. The summed E-state index contributed by atoms with van der Waals surface area (Å²) < 4.78 is 23.7. The summed E-state index contributed by atoms with van der Waals surface area (Å²) in [4.78, 5) is 12.3. The summed E-state index contributed by atoms with van der Waals surface area (Å²) in [6.45, 7) is 1.15. The highest BCUT2D eigenvalue weighted by Gasteiger charge is 2.25. The van der Waals surface area contributed by atoms with Gasteiger partial charge in [-0.3, -0.25) is 10.1 Å². The first kappa shape index (κ1) is 14.7. The van der Waals surface area contributed by atoms with Gasteiger partial charge in [0.15, 0.2) is 9.84 Å². The molecule has 7 nitrogen and oxygen atoms in total. The normalized spacial score (nSPS) is 19.9. The van der Waals surface area contributed by atoms with Gasteiger partial charge in [-0.25, -0.2) is 8.42 Å². The zero-order valence-corrected chi connectivity index (χ0v) is 12.0. The van der Waals surface area contributed by atoms with Crippen molar-refractivity contribution in [3.05, 3.63) is 28.3 Å². The Morgan fingerprint density at radius 3 is 2.70 bits per heavy atom. The quantitative estimate of drug-likeness (QED) is 0.657. The van der Waals surface area contributed by atoms with Crippen molar-refractivity contribution >= 4 is 21.2 Å². The van der Waals surface area contributed by atoms with Crippen molar-refractivity contribution in [1.29, 1.82) is 0 Å². The number of hydrogen-bond donors (Lipinski definition) is 1. The summed E-state index contributed by atoms with van der Waals surface area (Å²) >= 11 is 0. The predicted molar refractivity (Wildman–Crippen MR) is 75.6 cm³/mol. The second-order valence-electron chi connectivity index (χ2n) is 5.03. The average molecular weight is 299 g/mol. The second-order valence-corrected chi connectivity index (χ2v) is 7.01. The van der Waals surface area contributed by atoms with Gasteiger partial charge >= 0.3 is 0 Å². The molecule has 0 radical (unpaired) electrons. The van der Waals surface area contributed by atoms with Crippen LogP contribution in [0.1, 0.15) is 12.8 Å². The molecule has 1 aliphatic rings. The molecule has 1 saturated heterocycles. The lowest BCUT2D eigenvalue weighted by Crippen LogP contribution is -2.43. The van der Waals surface area contributed by atoms with Crippen LogP contribution in [-0.2, 0) is 9.84 Å². The fourth-order valence-electron chi connectivity index (χ4n) is 2.41. The maximum atomic E-state index is 11.8. The molecule has 0 saturated carbocycles. The topological polar surface area (TPSA) is 107 Å². The molecule has 1 aliphatic heterocycles. The zero-order chi connectivity index (χ0) is 14.9. The molecule has 0 spiro atoms. The van der Waals surface area contributed by atoms with Gasteiger partial charge in [0, 0.05) is 37.5 Å². The molecule has 0 aromatic heterocycles. The Bertz CT molecular complexity index is 630. The van der Waals surface area contributed by atoms with E-state index in [1.807, 2.05) is 4.90 Å². The Morgan fingerprint density at radius 2 is 2.15 bits per heavy atom. The number of benzene rings is 1. The van der Waals surface area contributed by atoms with Crippen LogP contribution in [0, 0.1) is 10.1 Å². The molecule has 8 heteroatoms. The maximum Gasteiger partial charge on any atom is 0.271 e. The summed E-state index contributed by atoms with van der Waals surface area (Å²) in [6, 6.07) is 3.77. The lowest BCUT2D eigenvalue weighted by atomic mass is 10.1. The standard InChI is InChI=1S/C12H17N3O4S/c1-20(18,19)12-5-4-10(15(16)17)7-11(12)14-6-2-3-9(13)8-14/h4-5,7,9H,2-3,6,8,13H2,1H3/t9-/m0/s1. The van der Waals surface area contributed by atoms with Gasteiger partial charge in [-0.1, -0.05) is 0 Å². The van der Waals surface area contributed by atoms with Gasteiger partial charge in [-0.15, -0.1) is 0 Å². The lowest BCUT2D eigenvalue weighted by Gasteiger charge is -2.33. The molecule has 2 rings (SSSR count). The Kier molecular flexibility index (Phi) is 3.96. The molecule has 1 aromatic carbocycles. The van der Waals surface area contributed by atoms with Gasteiger partial charge in [-0.2, -0.15) is 0 Å². The van der Waals surface area contributed by atoms with E-state index in [1.165, 1.54) is 18.2 Å². The van der Waals surface area contributed by atoms with Crippen LogP contribution in [0.2, 0.25) is 0 Å². The van der Waals surface area contributed by atoms with E-state index < -0.39 is 14.8 Å². The van der Waals surface area contributed by atoms with Crippen molar-refractivity contribution in [3.63, 3.8) is 0 Å². The molecule has 0 aliphatic carbocycles. The summed E-state index contributed by atoms with van der Waals surface area (Å²) in [5, 5.41) is 10.9. The van der Waals surface area contributed by atoms with E-state index >= 15 is 0 Å². The number of non-ortho nitro benzene ring substituents is 1. The molecule has 1 fully saturated rings. The van der Waals surface area contributed by atoms with E-state index in [2.05, 4.69) is 0 Å². The number of hydrogen-bond acceptors (Lipinski definition) is 6. The Hall–Kier alpha value is -1.67. The van der Waals surface area contributed by atoms with Crippen molar-refractivity contribution in [2.24, 2.45) is 5.73 Å². The van der Waals surface area contributed by atoms with Crippen LogP contribution in [0.4, 0.5) is 11.4 Å². The summed E-state index contributed by atoms with van der Waals surface area (Å²) in [5.74, 6) is 0. The van der Waals surface area contributed by atoms with E-state index in [0.29, 0.717) is 18.8 Å². The number of rotatable bonds is 3. The van der Waals surface area contributed by atoms with Crippen LogP contribution in [0.15, 0.2) is 23.1 Å². The van der Waals surface area contributed by atoms with Crippen molar-refractivity contribution in [2.75, 3.05) is 24.2 Å². The highest BCUT2D eigenvalue weighted by molar-refractivity contribution is 7.90. The zero-order valence-electron chi connectivity index (χ0n) is 11.2. The number of anilines is 1. The van der Waals surface area contributed by atoms with Crippen molar-refractivity contribution < 1.29 is 13.3 Å². The highest BCUT2D eigenvalue weighted by Crippen LogP contribution is 2.31. The minimum absolute atomic E-state index is 0.0459. The van der Waals surface area contributed by atoms with Crippen LogP contribution >= 0.6 is 0 Å². The Labute approximate surface area is 117 Å². The minimum atomic E-state index is -3.45. The molecule has 1 heterocycles. The number of sulfone groups is 1. The molecular weight excluding hydrogens is 282 g/mol. The highest BCUT2D eigenvalue weighted by atomic mass is 32.2. The van der Waals surface area contributed by atoms with Crippen LogP contribution in [-0.4, -0.2) is 38.7 Å². The molecule has 110 valence electrons. The van der Waals surface area contributed by atoms with Crippen LogP contribution in [0.5, 0.6) is 0 Å². The van der Waals surface area contributed by atoms with Gasteiger partial charge in [0.25, 0.3) is 5.69 Å². The first-order valence-corrected chi connectivity index (χ1v) is 8.17. The first-order valence-electron chi connectivity index (χ1n) is 6.28. The van der Waals surface area contributed by atoms with Crippen LogP contribution in [0.25, 0.3) is 0 Å². The number of nitro groups is 1. The fraction of sp³-hybridized carbons (Fsp3) is 0.500. The Balaban J connectivity index is 2.51. The third kappa shape index (κ3) is 3.07. The van der Waals surface area contributed by atoms with Crippen LogP contribution in [0.3, 0.4) is 0 Å². The number of nitro benzene ring substituents is 1. The third-order valence-electron chi connectivity index (χ3n) is 3.35. The van der Waals surface area contributed by atoms with E-state index in [1.54, 1.807) is 0 Å². The molecule has 1 aromatic rings. The van der Waals surface area contributed by atoms with Gasteiger partial charge in [0.2, 0.25) is 0 Å². The molecule has 1 atom stereocenters. The summed E-state index contributed by atoms with van der Waals surface area (Å²) in [7, 11) is -3.45. The molecule has 20 heavy (non-hydrogen) atoms. The minimum Gasteiger partial charge on any atom is -0.369 e. The largest absolute Gasteiger partial charge is 0.369 e. The van der Waals surface area contributed by atoms with Gasteiger partial charge < -0.3 is 10.6 Å². The first-order chi connectivity index (χ1) is 9.29. The van der Waals surface area contributed by atoms with Crippen LogP contribution < -0.4 is 10.6 Å². The van der Waals surface area contributed by atoms with E-state index in [-0.39, 0.29) is 16.6 Å². The molecule has 0 bridgehead atoms. The number of piperidine rings is 1. The smallest absolute Gasteiger partial charge is 0.271 e. The Morgan fingerprint density at radius 1 is 1.45 bits per heavy atom. The molecular formula is C12H17N3O4S. The van der Waals surface area contributed by atoms with E-state index in [9.17, 15) is 18.5 Å². The SMILES string of the molecule is CS(=O)(=O)c1ccc([N+](=O)[O-])cc1N1CCC[C@H](N)C1. The molecule has 0 amide bonds. The van der Waals surface area contributed by atoms with E-state index in [0.717, 1.165) is 19.1 Å². The summed E-state index contributed by atoms with van der Waals surface area (Å²) in [5.41, 5.74) is 6.15. The number of nitrogens with two attached hydrogens (primary N) is 1. The van der Waals surface area contributed by atoms with E-state index in [4.69, 9.17) is 5.73 Å². The number of nitrogens with zero attached hydrogens (tertiary/aromatic N) is 2. The predicted octanol–water partition coefficient (Wildman–Crippen LogP) is 0.926. The van der Waals surface area contributed by atoms with Crippen molar-refractivity contribution in [3.8, 4) is 0 Å². The van der Waals surface area contributed by atoms with Crippen molar-refractivity contribution in [2.45, 2.75) is 23.8 Å². The second kappa shape index (κ2) is 5.37. The summed E-state index contributed by atoms with van der Waals surface area (Å²) in [6.07, 6.45) is 2.81. The van der Waals surface area contributed by atoms with Gasteiger partial charge in [-0.05, 0) is 18.9 Å². The van der Waals surface area contributed by atoms with Gasteiger partial charge in [0.05, 0.1) is 15.5 Å². The van der Waals surface area contributed by atoms with Gasteiger partial charge in [0.1, 0.15) is 0 Å².